The van der Waals surface area contributed by atoms with Crippen LogP contribution in [0.25, 0.3) is 0 Å². The van der Waals surface area contributed by atoms with Crippen molar-refractivity contribution in [1.82, 2.24) is 0 Å². The van der Waals surface area contributed by atoms with Crippen LogP contribution in [0.3, 0.4) is 0 Å². The molecule has 3 unspecified atom stereocenters. The van der Waals surface area contributed by atoms with Gasteiger partial charge in [0, 0.05) is 0 Å². The Kier molecular flexibility index (Phi) is 3.36. The minimum atomic E-state index is -0.556. The first-order valence-electron chi connectivity index (χ1n) is 6.59. The van der Waals surface area contributed by atoms with Crippen LogP contribution in [0.4, 0.5) is 0 Å². The molecule has 1 fully saturated rings. The Morgan fingerprint density at radius 1 is 1.50 bits per heavy atom. The summed E-state index contributed by atoms with van der Waals surface area (Å²) in [4.78, 5) is 11.7. The lowest BCUT2D eigenvalue weighted by Crippen LogP contribution is -2.36. The summed E-state index contributed by atoms with van der Waals surface area (Å²) >= 11 is 0. The van der Waals surface area contributed by atoms with Gasteiger partial charge in [-0.15, -0.1) is 0 Å². The highest BCUT2D eigenvalue weighted by atomic mass is 16.4. The number of aliphatic carboxylic acids is 1. The summed E-state index contributed by atoms with van der Waals surface area (Å²) in [7, 11) is 0. The largest absolute Gasteiger partial charge is 0.481 e. The molecule has 90 valence electrons. The van der Waals surface area contributed by atoms with E-state index in [-0.39, 0.29) is 5.92 Å². The van der Waals surface area contributed by atoms with Gasteiger partial charge in [-0.2, -0.15) is 0 Å². The smallest absolute Gasteiger partial charge is 0.310 e. The Labute approximate surface area is 97.7 Å². The summed E-state index contributed by atoms with van der Waals surface area (Å²) in [5.74, 6) is 0.363. The van der Waals surface area contributed by atoms with Gasteiger partial charge in [-0.1, -0.05) is 25.5 Å². The van der Waals surface area contributed by atoms with Crippen molar-refractivity contribution in [2.45, 2.75) is 51.9 Å². The molecule has 0 aromatic heterocycles. The van der Waals surface area contributed by atoms with Crippen molar-refractivity contribution in [3.63, 3.8) is 0 Å². The normalized spacial score (nSPS) is 38.8. The zero-order chi connectivity index (χ0) is 11.6. The molecule has 2 aliphatic rings. The van der Waals surface area contributed by atoms with Gasteiger partial charge < -0.3 is 5.11 Å². The van der Waals surface area contributed by atoms with E-state index < -0.39 is 11.4 Å². The lowest BCUT2D eigenvalue weighted by molar-refractivity contribution is -0.151. The lowest BCUT2D eigenvalue weighted by atomic mass is 9.69. The van der Waals surface area contributed by atoms with Crippen molar-refractivity contribution in [2.24, 2.45) is 17.3 Å². The maximum Gasteiger partial charge on any atom is 0.310 e. The molecule has 2 heteroatoms. The third-order valence-corrected chi connectivity index (χ3v) is 4.62. The predicted octanol–water partition coefficient (Wildman–Crippen LogP) is 3.62. The van der Waals surface area contributed by atoms with Crippen molar-refractivity contribution >= 4 is 5.97 Å². The average Bonchev–Trinajstić information content (AvgIpc) is 2.75. The number of carbonyl (C=O) groups is 1. The maximum absolute atomic E-state index is 11.7. The van der Waals surface area contributed by atoms with Crippen LogP contribution in [0.15, 0.2) is 12.2 Å². The van der Waals surface area contributed by atoms with Crippen molar-refractivity contribution in [2.75, 3.05) is 0 Å². The SMILES string of the molecule is CCC1CCC(C(=O)O)(C2C=CCCC2)C1. The molecule has 1 N–H and O–H groups in total. The highest BCUT2D eigenvalue weighted by Gasteiger charge is 2.49. The molecule has 0 amide bonds. The number of carboxylic acid groups (broad SMARTS) is 1. The van der Waals surface area contributed by atoms with Gasteiger partial charge >= 0.3 is 5.97 Å². The van der Waals surface area contributed by atoms with E-state index in [1.165, 1.54) is 0 Å². The first-order chi connectivity index (χ1) is 7.69. The Balaban J connectivity index is 2.19. The molecule has 0 spiro atoms. The molecule has 16 heavy (non-hydrogen) atoms. The van der Waals surface area contributed by atoms with Crippen LogP contribution in [0, 0.1) is 17.3 Å². The quantitative estimate of drug-likeness (QED) is 0.740. The predicted molar refractivity (Wildman–Crippen MR) is 64.2 cm³/mol. The number of carboxylic acids is 1. The molecule has 0 heterocycles. The number of rotatable bonds is 3. The molecular weight excluding hydrogens is 200 g/mol. The highest BCUT2D eigenvalue weighted by Crippen LogP contribution is 2.51. The summed E-state index contributed by atoms with van der Waals surface area (Å²) in [5, 5.41) is 9.60. The van der Waals surface area contributed by atoms with E-state index in [0.29, 0.717) is 5.92 Å². The molecule has 0 bridgehead atoms. The Morgan fingerprint density at radius 3 is 2.81 bits per heavy atom. The van der Waals surface area contributed by atoms with E-state index in [0.717, 1.165) is 44.9 Å². The van der Waals surface area contributed by atoms with E-state index in [2.05, 4.69) is 19.1 Å². The van der Waals surface area contributed by atoms with Gasteiger partial charge in [0.1, 0.15) is 0 Å². The van der Waals surface area contributed by atoms with Crippen molar-refractivity contribution in [1.29, 1.82) is 0 Å². The Morgan fingerprint density at radius 2 is 2.31 bits per heavy atom. The second-order valence-electron chi connectivity index (χ2n) is 5.44. The summed E-state index contributed by atoms with van der Waals surface area (Å²) in [5.41, 5.74) is -0.433. The van der Waals surface area contributed by atoms with Crippen molar-refractivity contribution in [3.05, 3.63) is 12.2 Å². The third kappa shape index (κ3) is 1.90. The molecule has 0 saturated heterocycles. The van der Waals surface area contributed by atoms with E-state index in [9.17, 15) is 9.90 Å². The molecular formula is C14H22O2. The zero-order valence-corrected chi connectivity index (χ0v) is 10.1. The lowest BCUT2D eigenvalue weighted by Gasteiger charge is -2.33. The highest BCUT2D eigenvalue weighted by molar-refractivity contribution is 5.76. The van der Waals surface area contributed by atoms with Crippen LogP contribution in [-0.4, -0.2) is 11.1 Å². The molecule has 1 saturated carbocycles. The monoisotopic (exact) mass is 222 g/mol. The topological polar surface area (TPSA) is 37.3 Å². The van der Waals surface area contributed by atoms with Gasteiger partial charge in [-0.3, -0.25) is 4.79 Å². The van der Waals surface area contributed by atoms with E-state index in [1.807, 2.05) is 0 Å². The van der Waals surface area contributed by atoms with Gasteiger partial charge in [0.2, 0.25) is 0 Å². The van der Waals surface area contributed by atoms with Gasteiger partial charge in [-0.25, -0.2) is 0 Å². The number of allylic oxidation sites excluding steroid dienone is 2. The number of hydrogen-bond acceptors (Lipinski definition) is 1. The molecule has 0 aliphatic heterocycles. The molecule has 0 aromatic rings. The molecule has 2 rings (SSSR count). The van der Waals surface area contributed by atoms with Crippen molar-refractivity contribution in [3.8, 4) is 0 Å². The van der Waals surface area contributed by atoms with Crippen LogP contribution in [0.1, 0.15) is 51.9 Å². The summed E-state index contributed by atoms with van der Waals surface area (Å²) in [6.45, 7) is 2.18. The molecule has 2 nitrogen and oxygen atoms in total. The maximum atomic E-state index is 11.7. The molecule has 2 aliphatic carbocycles. The fourth-order valence-electron chi connectivity index (χ4n) is 3.49. The van der Waals surface area contributed by atoms with Gasteiger partial charge in [-0.05, 0) is 50.4 Å². The molecule has 0 aromatic carbocycles. The zero-order valence-electron chi connectivity index (χ0n) is 10.1. The van der Waals surface area contributed by atoms with Crippen molar-refractivity contribution < 1.29 is 9.90 Å². The van der Waals surface area contributed by atoms with E-state index in [4.69, 9.17) is 0 Å². The van der Waals surface area contributed by atoms with Gasteiger partial charge in [0.25, 0.3) is 0 Å². The Hall–Kier alpha value is -0.790. The Bertz CT molecular complexity index is 295. The third-order valence-electron chi connectivity index (χ3n) is 4.62. The summed E-state index contributed by atoms with van der Waals surface area (Å²) < 4.78 is 0. The van der Waals surface area contributed by atoms with Crippen LogP contribution >= 0.6 is 0 Å². The standard InChI is InChI=1S/C14H22O2/c1-2-11-8-9-14(10-11,13(15)16)12-6-4-3-5-7-12/h4,6,11-12H,2-3,5,7-10H2,1H3,(H,15,16). The van der Waals surface area contributed by atoms with Crippen LogP contribution in [-0.2, 0) is 4.79 Å². The molecule has 3 atom stereocenters. The van der Waals surface area contributed by atoms with E-state index >= 15 is 0 Å². The first kappa shape index (κ1) is 11.7. The first-order valence-corrected chi connectivity index (χ1v) is 6.59. The van der Waals surface area contributed by atoms with Gasteiger partial charge in [0.15, 0.2) is 0 Å². The average molecular weight is 222 g/mol. The summed E-state index contributed by atoms with van der Waals surface area (Å²) in [6.07, 6.45) is 11.7. The number of hydrogen-bond donors (Lipinski definition) is 1. The van der Waals surface area contributed by atoms with Crippen LogP contribution < -0.4 is 0 Å². The fraction of sp³-hybridized carbons (Fsp3) is 0.786. The van der Waals surface area contributed by atoms with Gasteiger partial charge in [0.05, 0.1) is 5.41 Å². The summed E-state index contributed by atoms with van der Waals surface area (Å²) in [6, 6.07) is 0. The minimum Gasteiger partial charge on any atom is -0.481 e. The minimum absolute atomic E-state index is 0.287. The van der Waals surface area contributed by atoms with Crippen LogP contribution in [0.5, 0.6) is 0 Å². The molecule has 0 radical (unpaired) electrons. The second kappa shape index (κ2) is 4.60. The fourth-order valence-corrected chi connectivity index (χ4v) is 3.49. The second-order valence-corrected chi connectivity index (χ2v) is 5.44. The van der Waals surface area contributed by atoms with Crippen LogP contribution in [0.2, 0.25) is 0 Å². The van der Waals surface area contributed by atoms with E-state index in [1.54, 1.807) is 0 Å².